The van der Waals surface area contributed by atoms with Crippen LogP contribution in [0.1, 0.15) is 22.6 Å². The van der Waals surface area contributed by atoms with Crippen molar-refractivity contribution in [3.05, 3.63) is 79.8 Å². The Labute approximate surface area is 171 Å². The topological polar surface area (TPSA) is 106 Å². The van der Waals surface area contributed by atoms with Crippen molar-refractivity contribution in [2.45, 2.75) is 27.2 Å². The average Bonchev–Trinajstić information content (AvgIpc) is 3.18. The van der Waals surface area contributed by atoms with Crippen LogP contribution in [0.15, 0.2) is 46.0 Å². The monoisotopic (exact) mass is 406 g/mol. The third kappa shape index (κ3) is 3.14. The molecule has 0 saturated heterocycles. The van der Waals surface area contributed by atoms with Crippen LogP contribution in [0.3, 0.4) is 0 Å². The molecule has 0 unspecified atom stereocenters. The summed E-state index contributed by atoms with van der Waals surface area (Å²) < 4.78 is 4.79. The Kier molecular flexibility index (Phi) is 4.65. The van der Waals surface area contributed by atoms with Gasteiger partial charge in [-0.25, -0.2) is 14.2 Å². The van der Waals surface area contributed by atoms with E-state index in [1.54, 1.807) is 30.1 Å². The normalized spacial score (nSPS) is 11.2. The number of aromatic nitrogens is 5. The lowest BCUT2D eigenvalue weighted by molar-refractivity contribution is -0.115. The molecule has 0 aliphatic rings. The molecule has 1 amide bonds. The highest BCUT2D eigenvalue weighted by Gasteiger charge is 2.20. The molecule has 2 N–H and O–H groups in total. The molecule has 0 spiro atoms. The van der Waals surface area contributed by atoms with Crippen molar-refractivity contribution in [3.8, 4) is 5.69 Å². The van der Waals surface area contributed by atoms with Crippen LogP contribution in [-0.4, -0.2) is 29.9 Å². The molecular formula is C21H22N6O3. The van der Waals surface area contributed by atoms with Crippen molar-refractivity contribution in [3.63, 3.8) is 0 Å². The third-order valence-electron chi connectivity index (χ3n) is 5.36. The molecule has 1 aromatic carbocycles. The number of hydrogen-bond acceptors (Lipinski definition) is 4. The largest absolute Gasteiger partial charge is 0.320 e. The minimum atomic E-state index is -0.331. The number of aryl methyl sites for hydroxylation is 2. The molecule has 0 radical (unpaired) electrons. The maximum absolute atomic E-state index is 13.0. The number of nitrogens with one attached hydrogen (secondary N) is 2. The summed E-state index contributed by atoms with van der Waals surface area (Å²) in [6.07, 6.45) is 0.0277. The number of benzene rings is 1. The van der Waals surface area contributed by atoms with E-state index in [0.717, 1.165) is 5.69 Å². The molecule has 0 fully saturated rings. The van der Waals surface area contributed by atoms with E-state index >= 15 is 0 Å². The molecule has 0 aliphatic carbocycles. The van der Waals surface area contributed by atoms with Crippen molar-refractivity contribution in [1.29, 1.82) is 0 Å². The number of aromatic amines is 1. The Hall–Kier alpha value is -3.88. The molecule has 3 heterocycles. The first-order valence-corrected chi connectivity index (χ1v) is 9.49. The molecule has 9 heteroatoms. The molecule has 9 nitrogen and oxygen atoms in total. The van der Waals surface area contributed by atoms with E-state index < -0.39 is 0 Å². The number of carbonyl (C=O) groups excluding carboxylic acids is 1. The Morgan fingerprint density at radius 1 is 1.10 bits per heavy atom. The quantitative estimate of drug-likeness (QED) is 0.537. The summed E-state index contributed by atoms with van der Waals surface area (Å²) in [4.78, 5) is 41.8. The first-order valence-electron chi connectivity index (χ1n) is 9.49. The first-order chi connectivity index (χ1) is 14.3. The minimum absolute atomic E-state index is 0.0277. The van der Waals surface area contributed by atoms with Gasteiger partial charge in [-0.05, 0) is 32.9 Å². The van der Waals surface area contributed by atoms with E-state index in [1.165, 1.54) is 10.7 Å². The average molecular weight is 406 g/mol. The lowest BCUT2D eigenvalue weighted by atomic mass is 10.1. The fourth-order valence-corrected chi connectivity index (χ4v) is 3.67. The smallest absolute Gasteiger partial charge is 0.295 e. The van der Waals surface area contributed by atoms with Gasteiger partial charge in [0.2, 0.25) is 5.91 Å². The number of hydrogen-bond donors (Lipinski definition) is 2. The van der Waals surface area contributed by atoms with E-state index in [9.17, 15) is 14.4 Å². The maximum atomic E-state index is 13.0. The second-order valence-electron chi connectivity index (χ2n) is 7.24. The molecule has 154 valence electrons. The number of amides is 1. The third-order valence-corrected chi connectivity index (χ3v) is 5.36. The molecule has 0 aliphatic heterocycles. The van der Waals surface area contributed by atoms with Crippen LogP contribution in [0.5, 0.6) is 0 Å². The van der Waals surface area contributed by atoms with Gasteiger partial charge in [-0.3, -0.25) is 24.2 Å². The van der Waals surface area contributed by atoms with Crippen LogP contribution in [0, 0.1) is 20.8 Å². The fourth-order valence-electron chi connectivity index (χ4n) is 3.67. The highest BCUT2D eigenvalue weighted by molar-refractivity contribution is 5.93. The SMILES string of the molecule is Cc1nc2cc(=O)[nH]n2c(C)c1CC(=O)Nc1c(C)n(C)n(-c2ccccc2)c1=O. The predicted molar refractivity (Wildman–Crippen MR) is 113 cm³/mol. The number of rotatable bonds is 4. The van der Waals surface area contributed by atoms with E-state index in [1.807, 2.05) is 37.3 Å². The number of nitrogens with zero attached hydrogens (tertiary/aromatic N) is 4. The summed E-state index contributed by atoms with van der Waals surface area (Å²) in [5.41, 5.74) is 3.63. The number of carbonyl (C=O) groups is 1. The van der Waals surface area contributed by atoms with Gasteiger partial charge >= 0.3 is 0 Å². The zero-order valence-electron chi connectivity index (χ0n) is 17.2. The fraction of sp³-hybridized carbons (Fsp3) is 0.238. The van der Waals surface area contributed by atoms with Crippen molar-refractivity contribution in [2.75, 3.05) is 5.32 Å². The molecule has 3 aromatic heterocycles. The van der Waals surface area contributed by atoms with Crippen molar-refractivity contribution >= 4 is 17.2 Å². The zero-order valence-corrected chi connectivity index (χ0v) is 17.2. The van der Waals surface area contributed by atoms with Crippen molar-refractivity contribution < 1.29 is 4.79 Å². The van der Waals surface area contributed by atoms with Crippen LogP contribution in [0.2, 0.25) is 0 Å². The van der Waals surface area contributed by atoms with Gasteiger partial charge in [0.25, 0.3) is 11.1 Å². The lowest BCUT2D eigenvalue weighted by Crippen LogP contribution is -2.24. The minimum Gasteiger partial charge on any atom is -0.320 e. The molecule has 0 atom stereocenters. The van der Waals surface area contributed by atoms with E-state index in [0.29, 0.717) is 28.3 Å². The Balaban J connectivity index is 1.67. The van der Waals surface area contributed by atoms with Crippen LogP contribution >= 0.6 is 0 Å². The lowest BCUT2D eigenvalue weighted by Gasteiger charge is -2.11. The zero-order chi connectivity index (χ0) is 21.6. The van der Waals surface area contributed by atoms with Gasteiger partial charge < -0.3 is 5.32 Å². The summed E-state index contributed by atoms with van der Waals surface area (Å²) in [6.45, 7) is 5.39. The molecular weight excluding hydrogens is 384 g/mol. The molecule has 30 heavy (non-hydrogen) atoms. The van der Waals surface area contributed by atoms with Gasteiger partial charge in [0, 0.05) is 30.1 Å². The predicted octanol–water partition coefficient (Wildman–Crippen LogP) is 1.62. The summed E-state index contributed by atoms with van der Waals surface area (Å²) in [5, 5.41) is 5.44. The second-order valence-corrected chi connectivity index (χ2v) is 7.24. The van der Waals surface area contributed by atoms with Gasteiger partial charge in [-0.15, -0.1) is 0 Å². The second kappa shape index (κ2) is 7.18. The Morgan fingerprint density at radius 3 is 2.50 bits per heavy atom. The highest BCUT2D eigenvalue weighted by Crippen LogP contribution is 2.17. The number of para-hydroxylation sites is 1. The van der Waals surface area contributed by atoms with Gasteiger partial charge in [0.1, 0.15) is 5.69 Å². The standard InChI is InChI=1S/C21H22N6O3/c1-12-16(13(2)26-17(22-12)11-19(29)24-26)10-18(28)23-20-14(3)25(4)27(21(20)30)15-8-6-5-7-9-15/h5-9,11H,10H2,1-4H3,(H,23,28)(H,24,29). The molecule has 0 saturated carbocycles. The van der Waals surface area contributed by atoms with Crippen LogP contribution < -0.4 is 16.4 Å². The summed E-state index contributed by atoms with van der Waals surface area (Å²) in [7, 11) is 1.77. The molecule has 0 bridgehead atoms. The van der Waals surface area contributed by atoms with Crippen LogP contribution in [0.25, 0.3) is 11.3 Å². The summed E-state index contributed by atoms with van der Waals surface area (Å²) >= 11 is 0. The molecule has 4 rings (SSSR count). The number of fused-ring (bicyclic) bond motifs is 1. The Bertz CT molecular complexity index is 1390. The van der Waals surface area contributed by atoms with Gasteiger partial charge in [0.15, 0.2) is 5.65 Å². The van der Waals surface area contributed by atoms with Gasteiger partial charge in [-0.1, -0.05) is 18.2 Å². The van der Waals surface area contributed by atoms with Crippen molar-refractivity contribution in [2.24, 2.45) is 7.05 Å². The van der Waals surface area contributed by atoms with E-state index in [4.69, 9.17) is 0 Å². The Morgan fingerprint density at radius 2 is 1.80 bits per heavy atom. The van der Waals surface area contributed by atoms with E-state index in [-0.39, 0.29) is 29.1 Å². The van der Waals surface area contributed by atoms with Crippen molar-refractivity contribution in [1.82, 2.24) is 24.0 Å². The van der Waals surface area contributed by atoms with Gasteiger partial charge in [-0.2, -0.15) is 0 Å². The summed E-state index contributed by atoms with van der Waals surface area (Å²) in [5.74, 6) is -0.331. The highest BCUT2D eigenvalue weighted by atomic mass is 16.2. The van der Waals surface area contributed by atoms with Crippen LogP contribution in [-0.2, 0) is 18.3 Å². The van der Waals surface area contributed by atoms with Crippen LogP contribution in [0.4, 0.5) is 5.69 Å². The molecule has 4 aromatic rings. The van der Waals surface area contributed by atoms with E-state index in [2.05, 4.69) is 15.4 Å². The number of anilines is 1. The first kappa shape index (κ1) is 19.4. The number of H-pyrrole nitrogens is 1. The van der Waals surface area contributed by atoms with Gasteiger partial charge in [0.05, 0.1) is 17.8 Å². The summed E-state index contributed by atoms with van der Waals surface area (Å²) in [6, 6.07) is 10.6. The maximum Gasteiger partial charge on any atom is 0.295 e.